The SMILES string of the molecule is CCCSc1nnc(S[C@@H](C)c2nc3ccccc3c(=O)[nH]2)s1. The fraction of sp³-hybridized carbons (Fsp3) is 0.333. The number of fused-ring (bicyclic) bond motifs is 1. The maximum absolute atomic E-state index is 12.1. The van der Waals surface area contributed by atoms with E-state index in [1.54, 1.807) is 40.9 Å². The van der Waals surface area contributed by atoms with Crippen molar-refractivity contribution in [2.24, 2.45) is 0 Å². The van der Waals surface area contributed by atoms with Gasteiger partial charge in [0, 0.05) is 5.75 Å². The molecule has 0 saturated carbocycles. The van der Waals surface area contributed by atoms with Gasteiger partial charge in [0.2, 0.25) is 0 Å². The third-order valence-electron chi connectivity index (χ3n) is 3.11. The van der Waals surface area contributed by atoms with Gasteiger partial charge < -0.3 is 4.98 Å². The van der Waals surface area contributed by atoms with Gasteiger partial charge in [-0.3, -0.25) is 4.79 Å². The number of para-hydroxylation sites is 1. The van der Waals surface area contributed by atoms with Crippen molar-refractivity contribution in [1.29, 1.82) is 0 Å². The molecule has 2 heterocycles. The van der Waals surface area contributed by atoms with Gasteiger partial charge in [0.05, 0.1) is 16.2 Å². The number of aromatic nitrogens is 4. The molecule has 0 bridgehead atoms. The Morgan fingerprint density at radius 2 is 2.04 bits per heavy atom. The van der Waals surface area contributed by atoms with E-state index in [0.717, 1.165) is 26.4 Å². The molecule has 1 atom stereocenters. The maximum Gasteiger partial charge on any atom is 0.258 e. The maximum atomic E-state index is 12.1. The molecule has 3 rings (SSSR count). The van der Waals surface area contributed by atoms with Gasteiger partial charge >= 0.3 is 0 Å². The van der Waals surface area contributed by atoms with Crippen molar-refractivity contribution in [2.75, 3.05) is 5.75 Å². The highest BCUT2D eigenvalue weighted by Gasteiger charge is 2.15. The van der Waals surface area contributed by atoms with Gasteiger partial charge in [-0.05, 0) is 25.5 Å². The van der Waals surface area contributed by atoms with Crippen molar-refractivity contribution in [3.8, 4) is 0 Å². The number of hydrogen-bond donors (Lipinski definition) is 1. The smallest absolute Gasteiger partial charge is 0.258 e. The summed E-state index contributed by atoms with van der Waals surface area (Å²) in [6.45, 7) is 4.16. The van der Waals surface area contributed by atoms with Crippen LogP contribution in [0.3, 0.4) is 0 Å². The number of hydrogen-bond acceptors (Lipinski definition) is 7. The summed E-state index contributed by atoms with van der Waals surface area (Å²) in [5.74, 6) is 1.71. The largest absolute Gasteiger partial charge is 0.309 e. The van der Waals surface area contributed by atoms with E-state index in [1.165, 1.54) is 0 Å². The molecule has 0 unspecified atom stereocenters. The molecule has 0 spiro atoms. The highest BCUT2D eigenvalue weighted by Crippen LogP contribution is 2.37. The highest BCUT2D eigenvalue weighted by atomic mass is 32.2. The minimum Gasteiger partial charge on any atom is -0.309 e. The monoisotopic (exact) mass is 364 g/mol. The molecule has 0 aliphatic heterocycles. The average Bonchev–Trinajstić information content (AvgIpc) is 3.00. The predicted molar refractivity (Wildman–Crippen MR) is 97.6 cm³/mol. The molecule has 8 heteroatoms. The van der Waals surface area contributed by atoms with Crippen molar-refractivity contribution in [1.82, 2.24) is 20.2 Å². The molecule has 0 amide bonds. The van der Waals surface area contributed by atoms with Gasteiger partial charge in [0.15, 0.2) is 8.68 Å². The van der Waals surface area contributed by atoms with Crippen molar-refractivity contribution >= 4 is 45.8 Å². The minimum absolute atomic E-state index is 0.00396. The van der Waals surface area contributed by atoms with Crippen LogP contribution < -0.4 is 5.56 Å². The molecule has 0 aliphatic carbocycles. The molecule has 1 N–H and O–H groups in total. The van der Waals surface area contributed by atoms with Gasteiger partial charge in [0.25, 0.3) is 5.56 Å². The Kier molecular flexibility index (Phi) is 5.34. The second-order valence-corrected chi connectivity index (χ2v) is 8.82. The van der Waals surface area contributed by atoms with Crippen LogP contribution in [0, 0.1) is 0 Å². The third kappa shape index (κ3) is 3.94. The van der Waals surface area contributed by atoms with Crippen LogP contribution in [-0.2, 0) is 0 Å². The molecule has 23 heavy (non-hydrogen) atoms. The number of nitrogens with one attached hydrogen (secondary N) is 1. The van der Waals surface area contributed by atoms with Crippen LogP contribution in [0.15, 0.2) is 37.7 Å². The normalized spacial score (nSPS) is 12.6. The fourth-order valence-electron chi connectivity index (χ4n) is 2.00. The van der Waals surface area contributed by atoms with Crippen LogP contribution in [0.1, 0.15) is 31.3 Å². The summed E-state index contributed by atoms with van der Waals surface area (Å²) in [5, 5.41) is 9.01. The summed E-state index contributed by atoms with van der Waals surface area (Å²) in [4.78, 5) is 19.6. The number of H-pyrrole nitrogens is 1. The lowest BCUT2D eigenvalue weighted by Crippen LogP contribution is -2.12. The second kappa shape index (κ2) is 7.46. The molecule has 0 fully saturated rings. The van der Waals surface area contributed by atoms with E-state index in [-0.39, 0.29) is 10.8 Å². The number of aromatic amines is 1. The Morgan fingerprint density at radius 3 is 2.87 bits per heavy atom. The summed E-state index contributed by atoms with van der Waals surface area (Å²) in [5.41, 5.74) is 0.615. The van der Waals surface area contributed by atoms with E-state index in [4.69, 9.17) is 0 Å². The Labute approximate surface area is 146 Å². The van der Waals surface area contributed by atoms with Crippen molar-refractivity contribution < 1.29 is 0 Å². The van der Waals surface area contributed by atoms with Gasteiger partial charge in [-0.15, -0.1) is 10.2 Å². The molecule has 0 saturated heterocycles. The second-order valence-electron chi connectivity index (χ2n) is 4.91. The first-order valence-corrected chi connectivity index (χ1v) is 9.97. The highest BCUT2D eigenvalue weighted by molar-refractivity contribution is 8.03. The zero-order valence-corrected chi connectivity index (χ0v) is 15.2. The van der Waals surface area contributed by atoms with Crippen LogP contribution in [0.25, 0.3) is 10.9 Å². The van der Waals surface area contributed by atoms with E-state index in [9.17, 15) is 4.79 Å². The number of thioether (sulfide) groups is 2. The van der Waals surface area contributed by atoms with Crippen molar-refractivity contribution in [2.45, 2.75) is 34.2 Å². The van der Waals surface area contributed by atoms with Gasteiger partial charge in [0.1, 0.15) is 5.82 Å². The Bertz CT molecular complexity index is 861. The van der Waals surface area contributed by atoms with Gasteiger partial charge in [-0.25, -0.2) is 4.98 Å². The van der Waals surface area contributed by atoms with E-state index in [0.29, 0.717) is 11.2 Å². The molecule has 0 aliphatic rings. The summed E-state index contributed by atoms with van der Waals surface area (Å²) in [6.07, 6.45) is 1.12. The molecular weight excluding hydrogens is 348 g/mol. The first kappa shape index (κ1) is 16.5. The quantitative estimate of drug-likeness (QED) is 0.663. The topological polar surface area (TPSA) is 71.5 Å². The standard InChI is InChI=1S/C15H16N4OS3/c1-3-8-21-14-18-19-15(23-14)22-9(2)12-16-11-7-5-4-6-10(11)13(20)17-12/h4-7,9H,3,8H2,1-2H3,(H,16,17,20)/t9-/m0/s1. The summed E-state index contributed by atoms with van der Waals surface area (Å²) < 4.78 is 1.88. The van der Waals surface area contributed by atoms with Crippen molar-refractivity contribution in [3.63, 3.8) is 0 Å². The predicted octanol–water partition coefficient (Wildman–Crippen LogP) is 4.13. The Hall–Kier alpha value is -1.38. The van der Waals surface area contributed by atoms with Crippen LogP contribution in [-0.4, -0.2) is 25.9 Å². The Morgan fingerprint density at radius 1 is 1.26 bits per heavy atom. The van der Waals surface area contributed by atoms with Crippen LogP contribution in [0.4, 0.5) is 0 Å². The summed E-state index contributed by atoms with van der Waals surface area (Å²) in [7, 11) is 0. The van der Waals surface area contributed by atoms with E-state index >= 15 is 0 Å². The zero-order valence-electron chi connectivity index (χ0n) is 12.8. The zero-order chi connectivity index (χ0) is 16.2. The number of nitrogens with zero attached hydrogens (tertiary/aromatic N) is 3. The first-order valence-electron chi connectivity index (χ1n) is 7.29. The van der Waals surface area contributed by atoms with Crippen LogP contribution >= 0.6 is 34.9 Å². The van der Waals surface area contributed by atoms with Crippen molar-refractivity contribution in [3.05, 3.63) is 40.4 Å². The molecule has 2 aromatic heterocycles. The summed E-state index contributed by atoms with van der Waals surface area (Å²) >= 11 is 4.88. The molecule has 0 radical (unpaired) electrons. The average molecular weight is 365 g/mol. The van der Waals surface area contributed by atoms with E-state index in [2.05, 4.69) is 27.1 Å². The number of rotatable bonds is 6. The lowest BCUT2D eigenvalue weighted by atomic mass is 10.2. The third-order valence-corrected chi connectivity index (χ3v) is 6.57. The summed E-state index contributed by atoms with van der Waals surface area (Å²) in [6, 6.07) is 7.37. The first-order chi connectivity index (χ1) is 11.2. The molecule has 3 aromatic rings. The molecule has 1 aromatic carbocycles. The van der Waals surface area contributed by atoms with Crippen LogP contribution in [0.2, 0.25) is 0 Å². The van der Waals surface area contributed by atoms with E-state index < -0.39 is 0 Å². The fourth-order valence-corrected chi connectivity index (χ4v) is 5.14. The number of benzene rings is 1. The molecular formula is C15H16N4OS3. The van der Waals surface area contributed by atoms with Gasteiger partial charge in [-0.2, -0.15) is 0 Å². The lowest BCUT2D eigenvalue weighted by Gasteiger charge is -2.08. The molecule has 5 nitrogen and oxygen atoms in total. The van der Waals surface area contributed by atoms with E-state index in [1.807, 2.05) is 25.1 Å². The lowest BCUT2D eigenvalue weighted by molar-refractivity contribution is 0.910. The Balaban J connectivity index is 1.79. The van der Waals surface area contributed by atoms with Gasteiger partial charge in [-0.1, -0.05) is 53.9 Å². The molecule has 120 valence electrons. The van der Waals surface area contributed by atoms with Crippen LogP contribution in [0.5, 0.6) is 0 Å². The minimum atomic E-state index is -0.102.